The molecule has 1 atom stereocenters. The summed E-state index contributed by atoms with van der Waals surface area (Å²) in [4.78, 5) is 6.93. The molecule has 0 aliphatic carbocycles. The first-order chi connectivity index (χ1) is 11.6. The van der Waals surface area contributed by atoms with Crippen molar-refractivity contribution in [3.63, 3.8) is 0 Å². The van der Waals surface area contributed by atoms with Crippen molar-refractivity contribution in [3.05, 3.63) is 64.0 Å². The third kappa shape index (κ3) is 2.68. The van der Waals surface area contributed by atoms with E-state index in [0.29, 0.717) is 6.04 Å². The highest BCUT2D eigenvalue weighted by molar-refractivity contribution is 9.10. The molecular formula is C20H22BrN3. The Labute approximate surface area is 151 Å². The van der Waals surface area contributed by atoms with Crippen molar-refractivity contribution in [2.24, 2.45) is 0 Å². The number of pyridine rings is 1. The van der Waals surface area contributed by atoms with Crippen LogP contribution < -0.4 is 0 Å². The van der Waals surface area contributed by atoms with Crippen LogP contribution in [0.2, 0.25) is 0 Å². The van der Waals surface area contributed by atoms with Crippen molar-refractivity contribution in [1.29, 1.82) is 0 Å². The van der Waals surface area contributed by atoms with Crippen LogP contribution in [0.1, 0.15) is 29.9 Å². The van der Waals surface area contributed by atoms with Crippen LogP contribution in [0.4, 0.5) is 0 Å². The second-order valence-corrected chi connectivity index (χ2v) is 7.57. The molecule has 0 bridgehead atoms. The monoisotopic (exact) mass is 383 g/mol. The fourth-order valence-electron chi connectivity index (χ4n) is 3.87. The molecule has 24 heavy (non-hydrogen) atoms. The lowest BCUT2D eigenvalue weighted by molar-refractivity contribution is 0.245. The number of aromatic nitrogens is 2. The van der Waals surface area contributed by atoms with Gasteiger partial charge in [0.15, 0.2) is 0 Å². The summed E-state index contributed by atoms with van der Waals surface area (Å²) in [7, 11) is 2.22. The molecule has 0 saturated carbocycles. The van der Waals surface area contributed by atoms with E-state index in [2.05, 4.69) is 74.7 Å². The van der Waals surface area contributed by atoms with Crippen LogP contribution in [0.15, 0.2) is 47.1 Å². The number of fused-ring (bicyclic) bond motifs is 3. The Morgan fingerprint density at radius 2 is 2.12 bits per heavy atom. The van der Waals surface area contributed by atoms with Gasteiger partial charge in [-0.1, -0.05) is 22.0 Å². The molecule has 0 radical (unpaired) electrons. The van der Waals surface area contributed by atoms with E-state index in [1.807, 2.05) is 12.3 Å². The highest BCUT2D eigenvalue weighted by atomic mass is 79.9. The number of hydrogen-bond donors (Lipinski definition) is 0. The Kier molecular flexibility index (Phi) is 4.19. The number of benzene rings is 1. The largest absolute Gasteiger partial charge is 0.344 e. The predicted molar refractivity (Wildman–Crippen MR) is 102 cm³/mol. The zero-order chi connectivity index (χ0) is 16.7. The Morgan fingerprint density at radius 1 is 1.25 bits per heavy atom. The maximum atomic E-state index is 4.48. The smallest absolute Gasteiger partial charge is 0.0486 e. The Bertz CT molecular complexity index is 869. The van der Waals surface area contributed by atoms with Gasteiger partial charge in [-0.25, -0.2) is 0 Å². The molecule has 4 heteroatoms. The summed E-state index contributed by atoms with van der Waals surface area (Å²) in [5.74, 6) is 0. The second-order valence-electron chi connectivity index (χ2n) is 6.65. The maximum Gasteiger partial charge on any atom is 0.0486 e. The van der Waals surface area contributed by atoms with E-state index >= 15 is 0 Å². The van der Waals surface area contributed by atoms with Gasteiger partial charge in [0.25, 0.3) is 0 Å². The molecule has 4 rings (SSSR count). The summed E-state index contributed by atoms with van der Waals surface area (Å²) in [5.41, 5.74) is 5.51. The minimum absolute atomic E-state index is 0.460. The normalized spacial score (nSPS) is 18.0. The first kappa shape index (κ1) is 15.9. The predicted octanol–water partition coefficient (Wildman–Crippen LogP) is 4.59. The average Bonchev–Trinajstić information content (AvgIpc) is 2.90. The molecule has 0 amide bonds. The zero-order valence-electron chi connectivity index (χ0n) is 14.2. The average molecular weight is 384 g/mol. The molecule has 0 spiro atoms. The number of rotatable bonds is 3. The number of nitrogens with zero attached hydrogens (tertiary/aromatic N) is 3. The number of aryl methyl sites for hydroxylation is 2. The molecule has 1 aliphatic heterocycles. The van der Waals surface area contributed by atoms with Crippen LogP contribution >= 0.6 is 15.9 Å². The molecule has 1 unspecified atom stereocenters. The second kappa shape index (κ2) is 6.34. The van der Waals surface area contributed by atoms with Gasteiger partial charge < -0.3 is 4.57 Å². The molecule has 3 heterocycles. The van der Waals surface area contributed by atoms with E-state index in [4.69, 9.17) is 0 Å². The first-order valence-electron chi connectivity index (χ1n) is 8.56. The van der Waals surface area contributed by atoms with Crippen LogP contribution in [0.25, 0.3) is 10.9 Å². The number of likely N-dealkylation sites (N-methyl/N-ethyl adjacent to an activating group) is 1. The Balaban J connectivity index is 1.80. The van der Waals surface area contributed by atoms with Crippen molar-refractivity contribution in [2.75, 3.05) is 13.6 Å². The van der Waals surface area contributed by atoms with Crippen LogP contribution in [0, 0.1) is 0 Å². The molecule has 0 N–H and O–H groups in total. The van der Waals surface area contributed by atoms with Crippen LogP contribution in [-0.2, 0) is 19.4 Å². The van der Waals surface area contributed by atoms with Gasteiger partial charge in [0.2, 0.25) is 0 Å². The van der Waals surface area contributed by atoms with Crippen LogP contribution in [-0.4, -0.2) is 28.0 Å². The quantitative estimate of drug-likeness (QED) is 0.659. The standard InChI is InChI=1S/C20H22BrN3/c1-14-20-17-13-15(21)6-7-18(17)24(19(20)9-11-23(14)2)12-8-16-5-3-4-10-22-16/h3-7,10,13-14H,8-9,11-12H2,1-2H3. The first-order valence-corrected chi connectivity index (χ1v) is 9.35. The van der Waals surface area contributed by atoms with E-state index in [9.17, 15) is 0 Å². The van der Waals surface area contributed by atoms with E-state index in [1.54, 1.807) is 0 Å². The van der Waals surface area contributed by atoms with Gasteiger partial charge in [0.1, 0.15) is 0 Å². The van der Waals surface area contributed by atoms with Crippen molar-refractivity contribution >= 4 is 26.8 Å². The lowest BCUT2D eigenvalue weighted by Gasteiger charge is -2.31. The van der Waals surface area contributed by atoms with Crippen LogP contribution in [0.3, 0.4) is 0 Å². The lowest BCUT2D eigenvalue weighted by atomic mass is 9.97. The van der Waals surface area contributed by atoms with Gasteiger partial charge >= 0.3 is 0 Å². The minimum Gasteiger partial charge on any atom is -0.344 e. The summed E-state index contributed by atoms with van der Waals surface area (Å²) in [5, 5.41) is 1.39. The topological polar surface area (TPSA) is 21.1 Å². The van der Waals surface area contributed by atoms with E-state index in [-0.39, 0.29) is 0 Å². The summed E-state index contributed by atoms with van der Waals surface area (Å²) in [6.07, 6.45) is 3.97. The SMILES string of the molecule is CC1c2c(n(CCc3ccccn3)c3ccc(Br)cc23)CCN1C. The molecular weight excluding hydrogens is 362 g/mol. The summed E-state index contributed by atoms with van der Waals surface area (Å²) in [6, 6.07) is 13.3. The number of hydrogen-bond acceptors (Lipinski definition) is 2. The van der Waals surface area contributed by atoms with E-state index < -0.39 is 0 Å². The van der Waals surface area contributed by atoms with Gasteiger partial charge in [0.05, 0.1) is 0 Å². The Morgan fingerprint density at radius 3 is 2.92 bits per heavy atom. The third-order valence-electron chi connectivity index (χ3n) is 5.27. The molecule has 2 aromatic heterocycles. The third-order valence-corrected chi connectivity index (χ3v) is 5.77. The van der Waals surface area contributed by atoms with Crippen molar-refractivity contribution in [1.82, 2.24) is 14.5 Å². The molecule has 124 valence electrons. The summed E-state index contributed by atoms with van der Waals surface area (Å²) >= 11 is 3.65. The summed E-state index contributed by atoms with van der Waals surface area (Å²) in [6.45, 7) is 4.43. The van der Waals surface area contributed by atoms with Crippen molar-refractivity contribution in [3.8, 4) is 0 Å². The highest BCUT2D eigenvalue weighted by Crippen LogP contribution is 2.38. The molecule has 0 fully saturated rings. The maximum absolute atomic E-state index is 4.48. The zero-order valence-corrected chi connectivity index (χ0v) is 15.8. The fraction of sp³-hybridized carbons (Fsp3) is 0.350. The van der Waals surface area contributed by atoms with Gasteiger partial charge in [0, 0.05) is 64.9 Å². The minimum atomic E-state index is 0.460. The highest BCUT2D eigenvalue weighted by Gasteiger charge is 2.27. The van der Waals surface area contributed by atoms with Gasteiger partial charge in [-0.15, -0.1) is 0 Å². The van der Waals surface area contributed by atoms with E-state index in [1.165, 1.54) is 22.2 Å². The van der Waals surface area contributed by atoms with Gasteiger partial charge in [-0.2, -0.15) is 0 Å². The molecule has 1 aromatic carbocycles. The fourth-order valence-corrected chi connectivity index (χ4v) is 4.23. The molecule has 3 nitrogen and oxygen atoms in total. The van der Waals surface area contributed by atoms with Gasteiger partial charge in [-0.05, 0) is 49.9 Å². The molecule has 1 aliphatic rings. The molecule has 3 aromatic rings. The Hall–Kier alpha value is -1.65. The number of halogens is 1. The summed E-state index contributed by atoms with van der Waals surface area (Å²) < 4.78 is 3.68. The van der Waals surface area contributed by atoms with Crippen molar-refractivity contribution < 1.29 is 0 Å². The van der Waals surface area contributed by atoms with Crippen LogP contribution in [0.5, 0.6) is 0 Å². The molecule has 0 saturated heterocycles. The van der Waals surface area contributed by atoms with Gasteiger partial charge in [-0.3, -0.25) is 9.88 Å². The van der Waals surface area contributed by atoms with Crippen molar-refractivity contribution in [2.45, 2.75) is 32.4 Å². The van der Waals surface area contributed by atoms with E-state index in [0.717, 1.165) is 36.1 Å². The lowest BCUT2D eigenvalue weighted by Crippen LogP contribution is -2.31.